The van der Waals surface area contributed by atoms with Crippen molar-refractivity contribution >= 4 is 17.9 Å². The van der Waals surface area contributed by atoms with Gasteiger partial charge in [-0.15, -0.1) is 0 Å². The Morgan fingerprint density at radius 1 is 1.15 bits per heavy atom. The highest BCUT2D eigenvalue weighted by Gasteiger charge is 2.30. The number of benzene rings is 2. The Hall–Kier alpha value is -3.06. The minimum absolute atomic E-state index is 0.127. The van der Waals surface area contributed by atoms with Gasteiger partial charge in [0.1, 0.15) is 0 Å². The number of hydrogen-bond acceptors (Lipinski definition) is 1. The number of ketones is 1. The molecule has 0 aliphatic heterocycles. The van der Waals surface area contributed by atoms with Crippen molar-refractivity contribution in [3.05, 3.63) is 81.7 Å². The molecule has 4 heteroatoms. The number of allylic oxidation sites excluding steroid dienone is 2. The Balaban J connectivity index is 2.51. The van der Waals surface area contributed by atoms with Crippen LogP contribution in [0, 0.1) is 11.8 Å². The van der Waals surface area contributed by atoms with E-state index in [1.54, 1.807) is 6.08 Å². The van der Waals surface area contributed by atoms with E-state index < -0.39 is 11.7 Å². The largest absolute Gasteiger partial charge is 0.416 e. The Bertz CT molecular complexity index is 1050. The van der Waals surface area contributed by atoms with Crippen LogP contribution in [0.3, 0.4) is 0 Å². The lowest BCUT2D eigenvalue weighted by molar-refractivity contribution is -0.137. The molecule has 0 saturated carbocycles. The molecule has 1 nitrogen and oxygen atoms in total. The minimum Gasteiger partial charge on any atom is -0.294 e. The van der Waals surface area contributed by atoms with E-state index in [1.165, 1.54) is 19.1 Å². The third-order valence-corrected chi connectivity index (χ3v) is 3.94. The van der Waals surface area contributed by atoms with Crippen LogP contribution in [-0.4, -0.2) is 5.78 Å². The number of carbonyl (C=O) groups is 1. The minimum atomic E-state index is -4.41. The highest BCUT2D eigenvalue weighted by Crippen LogP contribution is 2.29. The maximum Gasteiger partial charge on any atom is 0.416 e. The molecule has 2 aromatic rings. The molecule has 0 heterocycles. The topological polar surface area (TPSA) is 17.1 Å². The highest BCUT2D eigenvalue weighted by molar-refractivity contribution is 6.17. The zero-order chi connectivity index (χ0) is 20.0. The quantitative estimate of drug-likeness (QED) is 0.741. The van der Waals surface area contributed by atoms with Gasteiger partial charge in [-0.1, -0.05) is 55.7 Å². The summed E-state index contributed by atoms with van der Waals surface area (Å²) in [6.45, 7) is 7.28. The van der Waals surface area contributed by atoms with Crippen LogP contribution in [0.15, 0.2) is 60.2 Å². The van der Waals surface area contributed by atoms with Crippen molar-refractivity contribution < 1.29 is 18.0 Å². The molecule has 138 valence electrons. The van der Waals surface area contributed by atoms with Crippen molar-refractivity contribution in [1.29, 1.82) is 0 Å². The van der Waals surface area contributed by atoms with Crippen molar-refractivity contribution in [1.82, 2.24) is 0 Å². The highest BCUT2D eigenvalue weighted by atomic mass is 19.4. The average Bonchev–Trinajstić information content (AvgIpc) is 2.62. The van der Waals surface area contributed by atoms with Crippen LogP contribution in [0.1, 0.15) is 31.4 Å². The van der Waals surface area contributed by atoms with Gasteiger partial charge in [0.05, 0.1) is 5.56 Å². The molecule has 0 fully saturated rings. The zero-order valence-corrected chi connectivity index (χ0v) is 15.2. The summed E-state index contributed by atoms with van der Waals surface area (Å²) >= 11 is 0. The van der Waals surface area contributed by atoms with Crippen molar-refractivity contribution in [3.8, 4) is 11.8 Å². The SMILES string of the molecule is C=c1cccc/c1=C(/C=C(/C#Cc1cccc(C(F)(F)F)c1)CC)C(C)=O. The molecule has 0 aliphatic rings. The molecule has 0 spiro atoms. The molecule has 0 N–H and O–H groups in total. The van der Waals surface area contributed by atoms with E-state index >= 15 is 0 Å². The smallest absolute Gasteiger partial charge is 0.294 e. The summed E-state index contributed by atoms with van der Waals surface area (Å²) in [6, 6.07) is 12.2. The van der Waals surface area contributed by atoms with Gasteiger partial charge in [-0.25, -0.2) is 0 Å². The van der Waals surface area contributed by atoms with Gasteiger partial charge in [-0.2, -0.15) is 13.2 Å². The normalized spacial score (nSPS) is 12.9. The third kappa shape index (κ3) is 5.46. The predicted molar refractivity (Wildman–Crippen MR) is 102 cm³/mol. The lowest BCUT2D eigenvalue weighted by Gasteiger charge is -2.05. The van der Waals surface area contributed by atoms with Gasteiger partial charge in [0.25, 0.3) is 0 Å². The van der Waals surface area contributed by atoms with Crippen LogP contribution in [-0.2, 0) is 11.0 Å². The number of halogens is 3. The number of Topliss-reactive ketones (excluding diaryl/α,β-unsaturated/α-hetero) is 1. The van der Waals surface area contributed by atoms with Gasteiger partial charge in [-0.05, 0) is 48.1 Å². The first-order valence-corrected chi connectivity index (χ1v) is 8.41. The van der Waals surface area contributed by atoms with Crippen LogP contribution in [0.5, 0.6) is 0 Å². The Kier molecular flexibility index (Phi) is 6.41. The van der Waals surface area contributed by atoms with Crippen molar-refractivity contribution in [2.75, 3.05) is 0 Å². The van der Waals surface area contributed by atoms with Crippen LogP contribution >= 0.6 is 0 Å². The van der Waals surface area contributed by atoms with E-state index in [9.17, 15) is 18.0 Å². The lowest BCUT2D eigenvalue weighted by Crippen LogP contribution is -2.26. The van der Waals surface area contributed by atoms with Crippen LogP contribution in [0.25, 0.3) is 12.2 Å². The summed E-state index contributed by atoms with van der Waals surface area (Å²) in [7, 11) is 0. The zero-order valence-electron chi connectivity index (χ0n) is 15.2. The fourth-order valence-corrected chi connectivity index (χ4v) is 2.48. The fourth-order valence-electron chi connectivity index (χ4n) is 2.48. The summed E-state index contributed by atoms with van der Waals surface area (Å²) in [6.07, 6.45) is -2.18. The van der Waals surface area contributed by atoms with Gasteiger partial charge in [-0.3, -0.25) is 4.79 Å². The van der Waals surface area contributed by atoms with E-state index in [0.717, 1.165) is 22.6 Å². The molecule has 0 aliphatic carbocycles. The van der Waals surface area contributed by atoms with E-state index in [2.05, 4.69) is 18.4 Å². The van der Waals surface area contributed by atoms with Crippen molar-refractivity contribution in [2.45, 2.75) is 26.4 Å². The fraction of sp³-hybridized carbons (Fsp3) is 0.174. The first-order chi connectivity index (χ1) is 12.7. The standard InChI is InChI=1S/C23H19F3O/c1-4-18(12-13-19-9-7-10-20(14-19)23(24,25)26)15-22(17(3)27)21-11-6-5-8-16(21)2/h5-11,14-15H,2,4H2,1,3H3/b18-15+,22-21+. The number of alkyl halides is 3. The molecular formula is C23H19F3O. The molecule has 2 rings (SSSR count). The monoisotopic (exact) mass is 368 g/mol. The van der Waals surface area contributed by atoms with E-state index in [0.29, 0.717) is 17.6 Å². The van der Waals surface area contributed by atoms with Crippen LogP contribution in [0.2, 0.25) is 0 Å². The van der Waals surface area contributed by atoms with Crippen LogP contribution in [0.4, 0.5) is 13.2 Å². The van der Waals surface area contributed by atoms with Crippen molar-refractivity contribution in [2.24, 2.45) is 0 Å². The number of rotatable bonds is 3. The third-order valence-electron chi connectivity index (χ3n) is 3.94. The van der Waals surface area contributed by atoms with Gasteiger partial charge in [0, 0.05) is 16.7 Å². The van der Waals surface area contributed by atoms with Gasteiger partial charge < -0.3 is 0 Å². The van der Waals surface area contributed by atoms with E-state index in [-0.39, 0.29) is 11.3 Å². The molecule has 27 heavy (non-hydrogen) atoms. The molecule has 0 saturated heterocycles. The van der Waals surface area contributed by atoms with Crippen molar-refractivity contribution in [3.63, 3.8) is 0 Å². The van der Waals surface area contributed by atoms with E-state index in [4.69, 9.17) is 0 Å². The van der Waals surface area contributed by atoms with E-state index in [1.807, 2.05) is 31.2 Å². The molecule has 0 atom stereocenters. The average molecular weight is 368 g/mol. The molecule has 0 radical (unpaired) electrons. The summed E-state index contributed by atoms with van der Waals surface area (Å²) < 4.78 is 38.4. The second-order valence-electron chi connectivity index (χ2n) is 5.98. The Labute approximate surface area is 156 Å². The van der Waals surface area contributed by atoms with Gasteiger partial charge in [0.2, 0.25) is 0 Å². The molecule has 0 aromatic heterocycles. The number of hydrogen-bond donors (Lipinski definition) is 0. The molecule has 0 amide bonds. The molecule has 0 bridgehead atoms. The van der Waals surface area contributed by atoms with Crippen LogP contribution < -0.4 is 10.4 Å². The molecule has 0 unspecified atom stereocenters. The maximum atomic E-state index is 12.8. The summed E-state index contributed by atoms with van der Waals surface area (Å²) in [4.78, 5) is 12.1. The maximum absolute atomic E-state index is 12.8. The summed E-state index contributed by atoms with van der Waals surface area (Å²) in [5, 5.41) is 1.44. The predicted octanol–water partition coefficient (Wildman–Crippen LogP) is 4.24. The molecule has 2 aromatic carbocycles. The van der Waals surface area contributed by atoms with Gasteiger partial charge >= 0.3 is 6.18 Å². The van der Waals surface area contributed by atoms with Gasteiger partial charge in [0.15, 0.2) is 5.78 Å². The number of carbonyl (C=O) groups excluding carboxylic acids is 1. The Morgan fingerprint density at radius 2 is 1.85 bits per heavy atom. The second kappa shape index (κ2) is 8.55. The Morgan fingerprint density at radius 3 is 2.44 bits per heavy atom. The first kappa shape index (κ1) is 20.3. The first-order valence-electron chi connectivity index (χ1n) is 8.41. The second-order valence-corrected chi connectivity index (χ2v) is 5.98. The lowest BCUT2D eigenvalue weighted by atomic mass is 10.0. The summed E-state index contributed by atoms with van der Waals surface area (Å²) in [5.74, 6) is 5.52. The summed E-state index contributed by atoms with van der Waals surface area (Å²) in [5.41, 5.74) is 0.668. The molecular weight excluding hydrogens is 349 g/mol.